The monoisotopic (exact) mass is 236 g/mol. The third-order valence-corrected chi connectivity index (χ3v) is 3.47. The van der Waals surface area contributed by atoms with Gasteiger partial charge in [-0.25, -0.2) is 8.42 Å². The van der Waals surface area contributed by atoms with Gasteiger partial charge < -0.3 is 5.73 Å². The van der Waals surface area contributed by atoms with Crippen molar-refractivity contribution in [2.75, 3.05) is 5.75 Å². The average molecular weight is 237 g/mol. The largest absolute Gasteiger partial charge is 0.325 e. The van der Waals surface area contributed by atoms with Crippen LogP contribution < -0.4 is 5.73 Å². The third-order valence-electron chi connectivity index (χ3n) is 1.75. The van der Waals surface area contributed by atoms with E-state index in [0.29, 0.717) is 12.2 Å². The van der Waals surface area contributed by atoms with Gasteiger partial charge in [-0.3, -0.25) is 4.98 Å². The van der Waals surface area contributed by atoms with Crippen molar-refractivity contribution in [3.63, 3.8) is 0 Å². The maximum Gasteiger partial charge on any atom is 0.179 e. The lowest BCUT2D eigenvalue weighted by Gasteiger charge is -2.00. The summed E-state index contributed by atoms with van der Waals surface area (Å²) in [5, 5.41) is 0. The molecule has 14 heavy (non-hydrogen) atoms. The third kappa shape index (κ3) is 2.94. The van der Waals surface area contributed by atoms with Crippen LogP contribution in [0.4, 0.5) is 0 Å². The molecule has 1 rings (SSSR count). The highest BCUT2D eigenvalue weighted by atomic mass is 35.5. The molecule has 4 nitrogen and oxygen atoms in total. The Balaban J connectivity index is 0.00000169. The summed E-state index contributed by atoms with van der Waals surface area (Å²) in [4.78, 5) is 4.16. The zero-order valence-corrected chi connectivity index (χ0v) is 9.44. The molecule has 0 aliphatic heterocycles. The number of hydrogen-bond donors (Lipinski definition) is 1. The number of sulfone groups is 1. The number of nitrogens with zero attached hydrogens (tertiary/aromatic N) is 1. The minimum atomic E-state index is -3.13. The van der Waals surface area contributed by atoms with Crippen molar-refractivity contribution >= 4 is 22.2 Å². The van der Waals surface area contributed by atoms with Gasteiger partial charge in [0, 0.05) is 12.7 Å². The minimum absolute atomic E-state index is 0. The van der Waals surface area contributed by atoms with Crippen LogP contribution in [0.25, 0.3) is 0 Å². The van der Waals surface area contributed by atoms with E-state index >= 15 is 0 Å². The van der Waals surface area contributed by atoms with Crippen LogP contribution in [-0.2, 0) is 16.4 Å². The molecule has 0 radical (unpaired) electrons. The summed E-state index contributed by atoms with van der Waals surface area (Å²) < 4.78 is 22.7. The lowest BCUT2D eigenvalue weighted by Crippen LogP contribution is -2.06. The van der Waals surface area contributed by atoms with Crippen molar-refractivity contribution in [3.8, 4) is 0 Å². The van der Waals surface area contributed by atoms with E-state index in [4.69, 9.17) is 5.73 Å². The molecular formula is C8H13ClN2O2S. The Morgan fingerprint density at radius 1 is 1.43 bits per heavy atom. The first-order valence-electron chi connectivity index (χ1n) is 3.98. The molecule has 0 bridgehead atoms. The number of hydrogen-bond acceptors (Lipinski definition) is 4. The maximum absolute atomic E-state index is 11.3. The van der Waals surface area contributed by atoms with Gasteiger partial charge in [0.25, 0.3) is 0 Å². The minimum Gasteiger partial charge on any atom is -0.325 e. The highest BCUT2D eigenvalue weighted by molar-refractivity contribution is 7.91. The van der Waals surface area contributed by atoms with Gasteiger partial charge in [-0.2, -0.15) is 0 Å². The van der Waals surface area contributed by atoms with Gasteiger partial charge in [-0.1, -0.05) is 6.92 Å². The van der Waals surface area contributed by atoms with Gasteiger partial charge in [0.05, 0.1) is 16.3 Å². The van der Waals surface area contributed by atoms with E-state index < -0.39 is 9.84 Å². The van der Waals surface area contributed by atoms with Crippen molar-refractivity contribution < 1.29 is 8.42 Å². The fraction of sp³-hybridized carbons (Fsp3) is 0.375. The molecule has 0 aliphatic rings. The van der Waals surface area contributed by atoms with Crippen LogP contribution in [0.15, 0.2) is 23.2 Å². The topological polar surface area (TPSA) is 73.0 Å². The van der Waals surface area contributed by atoms with Gasteiger partial charge in [0.1, 0.15) is 0 Å². The fourth-order valence-corrected chi connectivity index (χ4v) is 1.70. The molecule has 1 heterocycles. The summed E-state index contributed by atoms with van der Waals surface area (Å²) >= 11 is 0. The molecule has 1 aromatic rings. The Labute approximate surface area is 89.9 Å². The fourth-order valence-electron chi connectivity index (χ4n) is 0.882. The molecule has 0 atom stereocenters. The van der Waals surface area contributed by atoms with Gasteiger partial charge in [0.15, 0.2) is 9.84 Å². The van der Waals surface area contributed by atoms with Crippen LogP contribution in [0, 0.1) is 0 Å². The second kappa shape index (κ2) is 5.29. The molecule has 2 N–H and O–H groups in total. The molecule has 0 fully saturated rings. The van der Waals surface area contributed by atoms with Crippen LogP contribution in [0.3, 0.4) is 0 Å². The molecule has 1 aromatic heterocycles. The molecule has 0 saturated heterocycles. The number of aromatic nitrogens is 1. The van der Waals surface area contributed by atoms with Crippen molar-refractivity contribution in [1.82, 2.24) is 4.98 Å². The molecule has 0 aliphatic carbocycles. The van der Waals surface area contributed by atoms with E-state index in [1.54, 1.807) is 13.0 Å². The average Bonchev–Trinajstić information content (AvgIpc) is 2.18. The standard InChI is InChI=1S/C8H12N2O2S.ClH/c1-2-13(11,12)8-4-3-7(5-9)10-6-8;/h3-4,6H,2,5,9H2,1H3;1H. The Morgan fingerprint density at radius 3 is 2.43 bits per heavy atom. The Kier molecular flexibility index (Phi) is 5.04. The second-order valence-corrected chi connectivity index (χ2v) is 4.87. The number of nitrogens with two attached hydrogens (primary N) is 1. The summed E-state index contributed by atoms with van der Waals surface area (Å²) in [6.07, 6.45) is 1.35. The van der Waals surface area contributed by atoms with Gasteiger partial charge >= 0.3 is 0 Å². The molecular weight excluding hydrogens is 224 g/mol. The zero-order valence-electron chi connectivity index (χ0n) is 7.80. The first-order valence-corrected chi connectivity index (χ1v) is 5.63. The van der Waals surface area contributed by atoms with E-state index in [-0.39, 0.29) is 23.1 Å². The lowest BCUT2D eigenvalue weighted by molar-refractivity contribution is 0.596. The van der Waals surface area contributed by atoms with Gasteiger partial charge in [-0.05, 0) is 12.1 Å². The van der Waals surface area contributed by atoms with Crippen molar-refractivity contribution in [1.29, 1.82) is 0 Å². The predicted molar refractivity (Wildman–Crippen MR) is 57.1 cm³/mol. The number of halogens is 1. The van der Waals surface area contributed by atoms with E-state index in [0.717, 1.165) is 0 Å². The normalized spacial score (nSPS) is 10.7. The smallest absolute Gasteiger partial charge is 0.179 e. The summed E-state index contributed by atoms with van der Waals surface area (Å²) in [5.41, 5.74) is 6.02. The van der Waals surface area contributed by atoms with Gasteiger partial charge in [0.2, 0.25) is 0 Å². The van der Waals surface area contributed by atoms with Gasteiger partial charge in [-0.15, -0.1) is 12.4 Å². The zero-order chi connectivity index (χ0) is 9.90. The Morgan fingerprint density at radius 2 is 2.07 bits per heavy atom. The summed E-state index contributed by atoms with van der Waals surface area (Å²) in [6, 6.07) is 3.16. The molecule has 6 heteroatoms. The molecule has 0 aromatic carbocycles. The van der Waals surface area contributed by atoms with Crippen molar-refractivity contribution in [2.24, 2.45) is 5.73 Å². The lowest BCUT2D eigenvalue weighted by atomic mass is 10.4. The van der Waals surface area contributed by atoms with E-state index in [1.165, 1.54) is 12.3 Å². The first kappa shape index (κ1) is 13.4. The molecule has 80 valence electrons. The summed E-state index contributed by atoms with van der Waals surface area (Å²) in [6.45, 7) is 1.93. The Hall–Kier alpha value is -0.650. The quantitative estimate of drug-likeness (QED) is 0.841. The van der Waals surface area contributed by atoms with Crippen LogP contribution in [-0.4, -0.2) is 19.2 Å². The van der Waals surface area contributed by atoms with E-state index in [1.807, 2.05) is 0 Å². The molecule has 0 spiro atoms. The SMILES string of the molecule is CCS(=O)(=O)c1ccc(CN)nc1.Cl. The predicted octanol–water partition coefficient (Wildman–Crippen LogP) is 0.756. The van der Waals surface area contributed by atoms with Crippen LogP contribution in [0.5, 0.6) is 0 Å². The van der Waals surface area contributed by atoms with Crippen molar-refractivity contribution in [2.45, 2.75) is 18.4 Å². The van der Waals surface area contributed by atoms with E-state index in [9.17, 15) is 8.42 Å². The van der Waals surface area contributed by atoms with Crippen LogP contribution >= 0.6 is 12.4 Å². The Bertz CT molecular complexity index is 375. The molecule has 0 amide bonds. The summed E-state index contributed by atoms with van der Waals surface area (Å²) in [5.74, 6) is 0.0939. The van der Waals surface area contributed by atoms with Crippen molar-refractivity contribution in [3.05, 3.63) is 24.0 Å². The molecule has 0 saturated carbocycles. The van der Waals surface area contributed by atoms with Crippen LogP contribution in [0.1, 0.15) is 12.6 Å². The van der Waals surface area contributed by atoms with Crippen LogP contribution in [0.2, 0.25) is 0 Å². The number of pyridine rings is 1. The highest BCUT2D eigenvalue weighted by Crippen LogP contribution is 2.09. The first-order chi connectivity index (χ1) is 6.10. The summed E-state index contributed by atoms with van der Waals surface area (Å²) in [7, 11) is -3.13. The van der Waals surface area contributed by atoms with E-state index in [2.05, 4.69) is 4.98 Å². The molecule has 0 unspecified atom stereocenters. The maximum atomic E-state index is 11.3. The number of rotatable bonds is 3. The highest BCUT2D eigenvalue weighted by Gasteiger charge is 2.10. The second-order valence-electron chi connectivity index (χ2n) is 2.59.